The lowest BCUT2D eigenvalue weighted by molar-refractivity contribution is -0.224. The van der Waals surface area contributed by atoms with Crippen LogP contribution in [0.3, 0.4) is 0 Å². The molecular formula is C35H54O9. The third kappa shape index (κ3) is 6.28. The molecule has 44 heavy (non-hydrogen) atoms. The molecule has 1 saturated heterocycles. The van der Waals surface area contributed by atoms with E-state index >= 15 is 0 Å². The standard InChI is InChI=1S/C35H54O9/c1-20(8-11-31(39)41-19-33(5)17-40-18-33)26-9-10-27-32-28(16-30(35(26,27)7)44-23(4)38)34(6)13-12-25(42-21(2)36)14-24(34)15-29(32)43-22(3)37/h20,24-30,32H,8-19H2,1-7H3/t20-,24?,25-,26-,27+,28+,29-,30+,32?,34+,35-/m1/s1. The average molecular weight is 619 g/mol. The Morgan fingerprint density at radius 1 is 0.841 bits per heavy atom. The van der Waals surface area contributed by atoms with Gasteiger partial charge in [-0.1, -0.05) is 27.7 Å². The zero-order chi connectivity index (χ0) is 32.0. The molecule has 0 radical (unpaired) electrons. The summed E-state index contributed by atoms with van der Waals surface area (Å²) in [5.74, 6) is 0.362. The lowest BCUT2D eigenvalue weighted by Crippen LogP contribution is -2.63. The van der Waals surface area contributed by atoms with E-state index in [4.69, 9.17) is 23.7 Å². The Hall–Kier alpha value is -2.16. The summed E-state index contributed by atoms with van der Waals surface area (Å²) >= 11 is 0. The molecule has 5 rings (SSSR count). The number of rotatable bonds is 9. The quantitative estimate of drug-likeness (QED) is 0.239. The van der Waals surface area contributed by atoms with E-state index < -0.39 is 0 Å². The maximum Gasteiger partial charge on any atom is 0.305 e. The van der Waals surface area contributed by atoms with Gasteiger partial charge >= 0.3 is 23.9 Å². The van der Waals surface area contributed by atoms with Gasteiger partial charge in [-0.15, -0.1) is 0 Å². The molecule has 248 valence electrons. The van der Waals surface area contributed by atoms with Crippen LogP contribution in [0.5, 0.6) is 0 Å². The summed E-state index contributed by atoms with van der Waals surface area (Å²) in [5.41, 5.74) is -0.409. The minimum atomic E-state index is -0.302. The molecule has 0 amide bonds. The number of carbonyl (C=O) groups excluding carboxylic acids is 4. The second kappa shape index (κ2) is 12.6. The fourth-order valence-electron chi connectivity index (χ4n) is 10.5. The van der Waals surface area contributed by atoms with Gasteiger partial charge in [0, 0.05) is 43.9 Å². The fraction of sp³-hybridized carbons (Fsp3) is 0.886. The van der Waals surface area contributed by atoms with E-state index in [-0.39, 0.29) is 93.9 Å². The molecule has 1 heterocycles. The van der Waals surface area contributed by atoms with Crippen molar-refractivity contribution in [2.24, 2.45) is 51.8 Å². The third-order valence-electron chi connectivity index (χ3n) is 12.7. The van der Waals surface area contributed by atoms with Gasteiger partial charge in [-0.3, -0.25) is 19.2 Å². The lowest BCUT2D eigenvalue weighted by Gasteiger charge is -2.64. The van der Waals surface area contributed by atoms with Crippen molar-refractivity contribution >= 4 is 23.9 Å². The first-order chi connectivity index (χ1) is 20.7. The van der Waals surface area contributed by atoms with E-state index in [1.807, 2.05) is 0 Å². The minimum absolute atomic E-state index is 0.0345. The fourth-order valence-corrected chi connectivity index (χ4v) is 10.5. The van der Waals surface area contributed by atoms with E-state index in [1.165, 1.54) is 20.8 Å². The normalized spacial score (nSPS) is 41.1. The van der Waals surface area contributed by atoms with Gasteiger partial charge in [-0.05, 0) is 86.4 Å². The molecule has 0 N–H and O–H groups in total. The molecular weight excluding hydrogens is 564 g/mol. The molecule has 0 spiro atoms. The number of hydrogen-bond donors (Lipinski definition) is 0. The van der Waals surface area contributed by atoms with Crippen LogP contribution in [0, 0.1) is 51.8 Å². The van der Waals surface area contributed by atoms with Crippen LogP contribution >= 0.6 is 0 Å². The molecule has 4 saturated carbocycles. The topological polar surface area (TPSA) is 114 Å². The van der Waals surface area contributed by atoms with Gasteiger partial charge in [0.1, 0.15) is 24.9 Å². The highest BCUT2D eigenvalue weighted by Gasteiger charge is 2.67. The number of fused-ring (bicyclic) bond motifs is 5. The van der Waals surface area contributed by atoms with E-state index in [2.05, 4.69) is 27.7 Å². The molecule has 0 aromatic carbocycles. The maximum atomic E-state index is 12.7. The average Bonchev–Trinajstić information content (AvgIpc) is 3.28. The number of carbonyl (C=O) groups is 4. The molecule has 1 aliphatic heterocycles. The molecule has 5 fully saturated rings. The van der Waals surface area contributed by atoms with Crippen molar-refractivity contribution in [1.29, 1.82) is 0 Å². The smallest absolute Gasteiger partial charge is 0.305 e. The van der Waals surface area contributed by atoms with Gasteiger partial charge < -0.3 is 23.7 Å². The maximum absolute atomic E-state index is 12.7. The van der Waals surface area contributed by atoms with E-state index in [0.717, 1.165) is 44.9 Å². The van der Waals surface area contributed by atoms with Crippen LogP contribution in [0.2, 0.25) is 0 Å². The minimum Gasteiger partial charge on any atom is -0.465 e. The second-order valence-electron chi connectivity index (χ2n) is 15.7. The third-order valence-corrected chi connectivity index (χ3v) is 12.7. The summed E-state index contributed by atoms with van der Waals surface area (Å²) in [7, 11) is 0. The van der Waals surface area contributed by atoms with Crippen LogP contribution in [-0.2, 0) is 42.9 Å². The van der Waals surface area contributed by atoms with Crippen LogP contribution in [-0.4, -0.2) is 62.0 Å². The van der Waals surface area contributed by atoms with Crippen LogP contribution in [0.4, 0.5) is 0 Å². The van der Waals surface area contributed by atoms with E-state index in [0.29, 0.717) is 32.7 Å². The Morgan fingerprint density at radius 2 is 1.52 bits per heavy atom. The molecule has 0 bridgehead atoms. The van der Waals surface area contributed by atoms with Crippen molar-refractivity contribution in [3.05, 3.63) is 0 Å². The van der Waals surface area contributed by atoms with Crippen LogP contribution in [0.1, 0.15) is 106 Å². The highest BCUT2D eigenvalue weighted by atomic mass is 16.6. The lowest BCUT2D eigenvalue weighted by atomic mass is 9.43. The summed E-state index contributed by atoms with van der Waals surface area (Å²) in [4.78, 5) is 49.5. The van der Waals surface area contributed by atoms with Gasteiger partial charge in [0.25, 0.3) is 0 Å². The summed E-state index contributed by atoms with van der Waals surface area (Å²) in [6, 6.07) is 0. The zero-order valence-electron chi connectivity index (χ0n) is 27.9. The second-order valence-corrected chi connectivity index (χ2v) is 15.7. The van der Waals surface area contributed by atoms with Crippen molar-refractivity contribution in [2.75, 3.05) is 19.8 Å². The van der Waals surface area contributed by atoms with Crippen molar-refractivity contribution in [3.63, 3.8) is 0 Å². The first-order valence-electron chi connectivity index (χ1n) is 16.9. The monoisotopic (exact) mass is 618 g/mol. The Labute approximate surface area is 262 Å². The van der Waals surface area contributed by atoms with Crippen molar-refractivity contribution in [3.8, 4) is 0 Å². The first-order valence-corrected chi connectivity index (χ1v) is 16.9. The Bertz CT molecular complexity index is 1120. The summed E-state index contributed by atoms with van der Waals surface area (Å²) in [5, 5.41) is 0. The van der Waals surface area contributed by atoms with E-state index in [9.17, 15) is 19.2 Å². The number of ether oxygens (including phenoxy) is 5. The molecule has 4 aliphatic carbocycles. The van der Waals surface area contributed by atoms with Crippen LogP contribution in [0.25, 0.3) is 0 Å². The van der Waals surface area contributed by atoms with Gasteiger partial charge in [0.05, 0.1) is 13.2 Å². The van der Waals surface area contributed by atoms with Crippen molar-refractivity contribution in [1.82, 2.24) is 0 Å². The Balaban J connectivity index is 1.38. The zero-order valence-corrected chi connectivity index (χ0v) is 27.9. The predicted octanol–water partition coefficient (Wildman–Crippen LogP) is 5.66. The number of esters is 4. The molecule has 0 aromatic heterocycles. The van der Waals surface area contributed by atoms with Gasteiger partial charge in [-0.2, -0.15) is 0 Å². The largest absolute Gasteiger partial charge is 0.465 e. The molecule has 9 heteroatoms. The Morgan fingerprint density at radius 3 is 2.14 bits per heavy atom. The molecule has 11 atom stereocenters. The summed E-state index contributed by atoms with van der Waals surface area (Å²) < 4.78 is 29.0. The van der Waals surface area contributed by atoms with Crippen molar-refractivity contribution in [2.45, 2.75) is 125 Å². The van der Waals surface area contributed by atoms with E-state index in [1.54, 1.807) is 0 Å². The highest BCUT2D eigenvalue weighted by Crippen LogP contribution is 2.69. The first kappa shape index (κ1) is 33.2. The molecule has 0 aromatic rings. The molecule has 2 unspecified atom stereocenters. The summed E-state index contributed by atoms with van der Waals surface area (Å²) in [6.45, 7) is 15.0. The van der Waals surface area contributed by atoms with Crippen molar-refractivity contribution < 1.29 is 42.9 Å². The predicted molar refractivity (Wildman–Crippen MR) is 161 cm³/mol. The SMILES string of the molecule is CC(=O)O[C@@H]1CC[C@@]2(C)C(C1)C[C@@H](OC(C)=O)C1[C@@H]3CC[C@H]([C@H](C)CCC(=O)OCC4(C)COC4)[C@@]3(C)[C@@H](OC(C)=O)C[C@@H]12. The molecule has 9 nitrogen and oxygen atoms in total. The highest BCUT2D eigenvalue weighted by molar-refractivity contribution is 5.69. The van der Waals surface area contributed by atoms with Crippen LogP contribution in [0.15, 0.2) is 0 Å². The van der Waals surface area contributed by atoms with Gasteiger partial charge in [0.15, 0.2) is 0 Å². The Kier molecular flexibility index (Phi) is 9.48. The van der Waals surface area contributed by atoms with Gasteiger partial charge in [-0.25, -0.2) is 0 Å². The summed E-state index contributed by atoms with van der Waals surface area (Å²) in [6.07, 6.45) is 6.42. The number of hydrogen-bond acceptors (Lipinski definition) is 9. The van der Waals surface area contributed by atoms with Gasteiger partial charge in [0.2, 0.25) is 0 Å². The van der Waals surface area contributed by atoms with Crippen LogP contribution < -0.4 is 0 Å². The molecule has 5 aliphatic rings.